The van der Waals surface area contributed by atoms with Crippen LogP contribution in [0, 0.1) is 0 Å². The lowest BCUT2D eigenvalue weighted by atomic mass is 10.2. The monoisotopic (exact) mass is 336 g/mol. The van der Waals surface area contributed by atoms with E-state index in [1.54, 1.807) is 12.1 Å². The Bertz CT molecular complexity index is 545. The van der Waals surface area contributed by atoms with Crippen LogP contribution in [0.1, 0.15) is 20.3 Å². The molecule has 23 heavy (non-hydrogen) atoms. The summed E-state index contributed by atoms with van der Waals surface area (Å²) in [5.41, 5.74) is 1.20. The predicted octanol–water partition coefficient (Wildman–Crippen LogP) is 2.25. The largest absolute Gasteiger partial charge is 0.336 e. The van der Waals surface area contributed by atoms with Crippen LogP contribution >= 0.6 is 11.8 Å². The first-order chi connectivity index (χ1) is 11.0. The van der Waals surface area contributed by atoms with Gasteiger partial charge in [0.15, 0.2) is 0 Å². The summed E-state index contributed by atoms with van der Waals surface area (Å²) in [6.45, 7) is 4.72. The highest BCUT2D eigenvalue weighted by molar-refractivity contribution is 7.99. The molecule has 1 fully saturated rings. The van der Waals surface area contributed by atoms with E-state index in [0.29, 0.717) is 17.8 Å². The van der Waals surface area contributed by atoms with E-state index in [1.807, 2.05) is 37.7 Å². The molecule has 0 spiro atoms. The molecule has 126 valence electrons. The third-order valence-electron chi connectivity index (χ3n) is 3.30. The minimum absolute atomic E-state index is 0.0478. The van der Waals surface area contributed by atoms with Gasteiger partial charge in [0.05, 0.1) is 11.4 Å². The molecule has 0 bridgehead atoms. The van der Waals surface area contributed by atoms with Crippen molar-refractivity contribution in [1.82, 2.24) is 10.6 Å². The van der Waals surface area contributed by atoms with Crippen molar-refractivity contribution in [3.05, 3.63) is 24.3 Å². The van der Waals surface area contributed by atoms with E-state index in [0.717, 1.165) is 18.1 Å². The van der Waals surface area contributed by atoms with E-state index in [1.165, 1.54) is 0 Å². The second-order valence-corrected chi connectivity index (χ2v) is 6.93. The van der Waals surface area contributed by atoms with Gasteiger partial charge in [0.1, 0.15) is 0 Å². The second-order valence-electron chi connectivity index (χ2n) is 5.78. The van der Waals surface area contributed by atoms with Crippen LogP contribution in [0.15, 0.2) is 24.3 Å². The van der Waals surface area contributed by atoms with Crippen molar-refractivity contribution in [2.45, 2.75) is 32.4 Å². The van der Waals surface area contributed by atoms with Gasteiger partial charge in [-0.2, -0.15) is 11.8 Å². The van der Waals surface area contributed by atoms with Gasteiger partial charge in [0.25, 0.3) is 0 Å². The number of benzene rings is 1. The Morgan fingerprint density at radius 1 is 1.26 bits per heavy atom. The number of nitrogens with one attached hydrogen (secondary N) is 4. The molecule has 1 aromatic carbocycles. The molecular weight excluding hydrogens is 312 g/mol. The summed E-state index contributed by atoms with van der Waals surface area (Å²) >= 11 is 1.86. The van der Waals surface area contributed by atoms with Crippen LogP contribution in [0.2, 0.25) is 0 Å². The fourth-order valence-electron chi connectivity index (χ4n) is 2.30. The Morgan fingerprint density at radius 3 is 2.57 bits per heavy atom. The van der Waals surface area contributed by atoms with Crippen LogP contribution in [-0.4, -0.2) is 42.1 Å². The number of hydrogen-bond acceptors (Lipinski definition) is 4. The van der Waals surface area contributed by atoms with Crippen LogP contribution in [0.5, 0.6) is 0 Å². The molecule has 1 aliphatic heterocycles. The number of anilines is 2. The number of para-hydroxylation sites is 2. The lowest BCUT2D eigenvalue weighted by Crippen LogP contribution is -2.40. The summed E-state index contributed by atoms with van der Waals surface area (Å²) in [4.78, 5) is 24.0. The lowest BCUT2D eigenvalue weighted by Gasteiger charge is -2.22. The summed E-state index contributed by atoms with van der Waals surface area (Å²) in [5.74, 6) is 1.99. The average Bonchev–Trinajstić information content (AvgIpc) is 2.49. The molecule has 1 aliphatic rings. The molecule has 1 aromatic rings. The molecule has 4 N–H and O–H groups in total. The van der Waals surface area contributed by atoms with Gasteiger partial charge in [-0.1, -0.05) is 12.1 Å². The zero-order chi connectivity index (χ0) is 16.7. The smallest absolute Gasteiger partial charge is 0.319 e. The zero-order valence-electron chi connectivity index (χ0n) is 13.5. The Morgan fingerprint density at radius 2 is 1.96 bits per heavy atom. The molecule has 1 saturated heterocycles. The molecule has 0 aromatic heterocycles. The molecule has 1 unspecified atom stereocenters. The van der Waals surface area contributed by atoms with Gasteiger partial charge < -0.3 is 21.3 Å². The van der Waals surface area contributed by atoms with Crippen molar-refractivity contribution in [3.63, 3.8) is 0 Å². The molecule has 6 nitrogen and oxygen atoms in total. The maximum atomic E-state index is 12.2. The molecule has 2 rings (SSSR count). The van der Waals surface area contributed by atoms with Gasteiger partial charge in [-0.25, -0.2) is 4.79 Å². The third-order valence-corrected chi connectivity index (χ3v) is 4.43. The molecular formula is C16H24N4O2S. The topological polar surface area (TPSA) is 82.3 Å². The zero-order valence-corrected chi connectivity index (χ0v) is 14.3. The minimum atomic E-state index is -0.285. The number of amides is 3. The average molecular weight is 336 g/mol. The third kappa shape index (κ3) is 6.11. The number of thioether (sulfide) groups is 1. The summed E-state index contributed by atoms with van der Waals surface area (Å²) < 4.78 is 0. The van der Waals surface area contributed by atoms with E-state index in [2.05, 4.69) is 21.3 Å². The number of carbonyl (C=O) groups excluding carboxylic acids is 2. The van der Waals surface area contributed by atoms with Crippen LogP contribution in [0.3, 0.4) is 0 Å². The van der Waals surface area contributed by atoms with E-state index >= 15 is 0 Å². The number of urea groups is 1. The Kier molecular flexibility index (Phi) is 6.73. The van der Waals surface area contributed by atoms with E-state index in [4.69, 9.17) is 0 Å². The van der Waals surface area contributed by atoms with Crippen molar-refractivity contribution in [2.75, 3.05) is 28.7 Å². The molecule has 3 amide bonds. The molecule has 1 heterocycles. The highest BCUT2D eigenvalue weighted by Gasteiger charge is 2.17. The minimum Gasteiger partial charge on any atom is -0.336 e. The first kappa shape index (κ1) is 17.6. The SMILES string of the molecule is CC(C)NC(=O)Nc1ccccc1NC(=O)CC1CSCCN1. The number of rotatable bonds is 5. The second kappa shape index (κ2) is 8.79. The molecule has 0 radical (unpaired) electrons. The maximum absolute atomic E-state index is 12.2. The van der Waals surface area contributed by atoms with Crippen LogP contribution in [0.25, 0.3) is 0 Å². The lowest BCUT2D eigenvalue weighted by molar-refractivity contribution is -0.116. The molecule has 7 heteroatoms. The van der Waals surface area contributed by atoms with Gasteiger partial charge >= 0.3 is 6.03 Å². The quantitative estimate of drug-likeness (QED) is 0.665. The van der Waals surface area contributed by atoms with Crippen LogP contribution in [-0.2, 0) is 4.79 Å². The Labute approximate surface area is 141 Å². The summed E-state index contributed by atoms with van der Waals surface area (Å²) in [7, 11) is 0. The van der Waals surface area contributed by atoms with Crippen LogP contribution < -0.4 is 21.3 Å². The van der Waals surface area contributed by atoms with Crippen molar-refractivity contribution < 1.29 is 9.59 Å². The molecule has 0 saturated carbocycles. The van der Waals surface area contributed by atoms with Gasteiger partial charge in [-0.15, -0.1) is 0 Å². The first-order valence-electron chi connectivity index (χ1n) is 7.82. The van der Waals surface area contributed by atoms with E-state index in [-0.39, 0.29) is 24.0 Å². The molecule has 1 atom stereocenters. The van der Waals surface area contributed by atoms with Gasteiger partial charge in [0, 0.05) is 36.6 Å². The van der Waals surface area contributed by atoms with Gasteiger partial charge in [-0.3, -0.25) is 4.79 Å². The van der Waals surface area contributed by atoms with Crippen molar-refractivity contribution >= 4 is 35.1 Å². The normalized spacial score (nSPS) is 17.6. The number of carbonyl (C=O) groups is 2. The summed E-state index contributed by atoms with van der Waals surface area (Å²) in [6.07, 6.45) is 0.430. The fourth-order valence-corrected chi connectivity index (χ4v) is 3.25. The maximum Gasteiger partial charge on any atom is 0.319 e. The van der Waals surface area contributed by atoms with Gasteiger partial charge in [-0.05, 0) is 26.0 Å². The number of hydrogen-bond donors (Lipinski definition) is 4. The van der Waals surface area contributed by atoms with Crippen molar-refractivity contribution in [1.29, 1.82) is 0 Å². The van der Waals surface area contributed by atoms with Crippen LogP contribution in [0.4, 0.5) is 16.2 Å². The molecule has 0 aliphatic carbocycles. The van der Waals surface area contributed by atoms with E-state index < -0.39 is 0 Å². The predicted molar refractivity (Wildman–Crippen MR) is 96.1 cm³/mol. The van der Waals surface area contributed by atoms with Crippen molar-refractivity contribution in [3.8, 4) is 0 Å². The highest BCUT2D eigenvalue weighted by atomic mass is 32.2. The standard InChI is InChI=1S/C16H24N4O2S/c1-11(2)18-16(22)20-14-6-4-3-5-13(14)19-15(21)9-12-10-23-8-7-17-12/h3-6,11-12,17H,7-10H2,1-2H3,(H,19,21)(H2,18,20,22). The van der Waals surface area contributed by atoms with Crippen molar-refractivity contribution in [2.24, 2.45) is 0 Å². The van der Waals surface area contributed by atoms with E-state index in [9.17, 15) is 9.59 Å². The summed E-state index contributed by atoms with van der Waals surface area (Å²) in [5, 5.41) is 11.8. The Hall–Kier alpha value is -1.73. The highest BCUT2D eigenvalue weighted by Crippen LogP contribution is 2.21. The van der Waals surface area contributed by atoms with Gasteiger partial charge in [0.2, 0.25) is 5.91 Å². The fraction of sp³-hybridized carbons (Fsp3) is 0.500. The summed E-state index contributed by atoms with van der Waals surface area (Å²) in [6, 6.07) is 7.17. The Balaban J connectivity index is 1.93. The first-order valence-corrected chi connectivity index (χ1v) is 8.97.